The second-order valence-electron chi connectivity index (χ2n) is 7.08. The number of amides is 1. The van der Waals surface area contributed by atoms with Gasteiger partial charge in [0.1, 0.15) is 17.3 Å². The molecular weight excluding hydrogens is 430 g/mol. The third kappa shape index (κ3) is 6.41. The molecule has 0 saturated heterocycles. The Hall–Kier alpha value is -4.20. The monoisotopic (exact) mass is 459 g/mol. The Morgan fingerprint density at radius 3 is 2.68 bits per heavy atom. The van der Waals surface area contributed by atoms with Gasteiger partial charge in [-0.05, 0) is 36.8 Å². The Kier molecular flexibility index (Phi) is 8.73. The molecule has 3 aromatic rings. The van der Waals surface area contributed by atoms with Crippen molar-refractivity contribution in [2.45, 2.75) is 27.3 Å². The second kappa shape index (κ2) is 12.2. The molecule has 8 heteroatoms. The summed E-state index contributed by atoms with van der Waals surface area (Å²) in [5, 5.41) is 6.11. The van der Waals surface area contributed by atoms with Crippen molar-refractivity contribution < 1.29 is 14.3 Å². The molecule has 4 rings (SSSR count). The highest BCUT2D eigenvalue weighted by Gasteiger charge is 2.13. The highest BCUT2D eigenvalue weighted by atomic mass is 16.5. The fourth-order valence-corrected chi connectivity index (χ4v) is 3.14. The lowest BCUT2D eigenvalue weighted by atomic mass is 10.1. The molecule has 2 aromatic heterocycles. The number of carbonyl (C=O) groups is 1. The number of methoxy groups -OCH3 is 1. The first-order valence-corrected chi connectivity index (χ1v) is 11.1. The van der Waals surface area contributed by atoms with Gasteiger partial charge in [0, 0.05) is 48.4 Å². The number of aromatic nitrogens is 2. The summed E-state index contributed by atoms with van der Waals surface area (Å²) >= 11 is 0. The van der Waals surface area contributed by atoms with Gasteiger partial charge >= 0.3 is 0 Å². The van der Waals surface area contributed by atoms with Crippen LogP contribution in [0.25, 0.3) is 0 Å². The number of pyridine rings is 2. The molecule has 0 unspecified atom stereocenters. The maximum Gasteiger partial charge on any atom is 0.251 e. The number of allylic oxidation sites excluding steroid dienone is 1. The van der Waals surface area contributed by atoms with Crippen molar-refractivity contribution in [3.05, 3.63) is 83.3 Å². The van der Waals surface area contributed by atoms with Crippen LogP contribution in [0.1, 0.15) is 35.3 Å². The van der Waals surface area contributed by atoms with E-state index in [1.54, 1.807) is 56.0 Å². The molecule has 176 valence electrons. The van der Waals surface area contributed by atoms with Gasteiger partial charge in [-0.2, -0.15) is 0 Å². The first kappa shape index (κ1) is 24.4. The molecule has 1 aliphatic rings. The van der Waals surface area contributed by atoms with Gasteiger partial charge in [-0.15, -0.1) is 0 Å². The van der Waals surface area contributed by atoms with Crippen molar-refractivity contribution in [1.82, 2.24) is 15.3 Å². The second-order valence-corrected chi connectivity index (χ2v) is 7.08. The molecule has 0 saturated carbocycles. The number of hydrogen-bond acceptors (Lipinski definition) is 7. The maximum atomic E-state index is 12.8. The van der Waals surface area contributed by atoms with Gasteiger partial charge in [0.25, 0.3) is 5.91 Å². The van der Waals surface area contributed by atoms with Gasteiger partial charge in [-0.1, -0.05) is 26.0 Å². The summed E-state index contributed by atoms with van der Waals surface area (Å²) in [6, 6.07) is 12.6. The van der Waals surface area contributed by atoms with E-state index in [9.17, 15) is 4.79 Å². The molecule has 0 bridgehead atoms. The summed E-state index contributed by atoms with van der Waals surface area (Å²) in [6.45, 7) is 6.89. The van der Waals surface area contributed by atoms with E-state index in [1.165, 1.54) is 0 Å². The van der Waals surface area contributed by atoms with Crippen molar-refractivity contribution >= 4 is 17.9 Å². The van der Waals surface area contributed by atoms with E-state index in [0.29, 0.717) is 41.8 Å². The van der Waals surface area contributed by atoms with Gasteiger partial charge in [0.2, 0.25) is 5.88 Å². The van der Waals surface area contributed by atoms with Crippen LogP contribution >= 0.6 is 0 Å². The number of nitrogens with zero attached hydrogens (tertiary/aromatic N) is 3. The zero-order valence-corrected chi connectivity index (χ0v) is 19.8. The van der Waals surface area contributed by atoms with Crippen molar-refractivity contribution in [1.29, 1.82) is 0 Å². The van der Waals surface area contributed by atoms with Crippen LogP contribution in [-0.4, -0.2) is 35.7 Å². The third-order valence-corrected chi connectivity index (χ3v) is 4.87. The molecule has 34 heavy (non-hydrogen) atoms. The lowest BCUT2D eigenvalue weighted by Gasteiger charge is -2.13. The number of nitrogens with one attached hydrogen (secondary N) is 2. The summed E-state index contributed by atoms with van der Waals surface area (Å²) in [6.07, 6.45) is 7.08. The van der Waals surface area contributed by atoms with E-state index in [0.717, 1.165) is 16.8 Å². The Morgan fingerprint density at radius 2 is 1.97 bits per heavy atom. The molecule has 8 nitrogen and oxygen atoms in total. The number of benzene rings is 1. The van der Waals surface area contributed by atoms with E-state index < -0.39 is 0 Å². The van der Waals surface area contributed by atoms with Crippen LogP contribution in [0.3, 0.4) is 0 Å². The zero-order chi connectivity index (χ0) is 24.3. The molecule has 0 atom stereocenters. The molecule has 1 aliphatic heterocycles. The molecule has 0 spiro atoms. The normalized spacial score (nSPS) is 11.7. The number of ether oxygens (including phenoxy) is 2. The molecule has 2 N–H and O–H groups in total. The fourth-order valence-electron chi connectivity index (χ4n) is 3.14. The standard InChI is InChI=1S/C24H23N5O3.C2H6/c1-16-20(24(30)28-14-17-6-7-23(31-2)27-13-17)4-3-5-21(16)32-19-9-11-26-22(12-19)29-18-8-10-25-15-18;1-2/h3-9,11-13,15H,10,14H2,1-2H3,(H,26,29)(H,28,30);1-2H3. The quantitative estimate of drug-likeness (QED) is 0.496. The van der Waals surface area contributed by atoms with Gasteiger partial charge in [0.15, 0.2) is 0 Å². The number of anilines is 1. The Labute approximate surface area is 199 Å². The highest BCUT2D eigenvalue weighted by Crippen LogP contribution is 2.28. The average molecular weight is 460 g/mol. The van der Waals surface area contributed by atoms with E-state index in [1.807, 2.05) is 39.0 Å². The first-order chi connectivity index (χ1) is 16.6. The number of carbonyl (C=O) groups excluding carboxylic acids is 1. The molecular formula is C26H29N5O3. The minimum atomic E-state index is -0.187. The largest absolute Gasteiger partial charge is 0.481 e. The minimum absolute atomic E-state index is 0.187. The predicted molar refractivity (Wildman–Crippen MR) is 134 cm³/mol. The minimum Gasteiger partial charge on any atom is -0.481 e. The highest BCUT2D eigenvalue weighted by molar-refractivity contribution is 5.96. The number of aliphatic imine (C=N–C) groups is 1. The van der Waals surface area contributed by atoms with Crippen LogP contribution in [0, 0.1) is 6.92 Å². The van der Waals surface area contributed by atoms with Crippen LogP contribution in [0.5, 0.6) is 17.4 Å². The number of rotatable bonds is 8. The molecule has 1 aromatic carbocycles. The summed E-state index contributed by atoms with van der Waals surface area (Å²) in [5.41, 5.74) is 3.07. The lowest BCUT2D eigenvalue weighted by molar-refractivity contribution is 0.0950. The Bertz CT molecular complexity index is 1170. The molecule has 3 heterocycles. The summed E-state index contributed by atoms with van der Waals surface area (Å²) in [5.74, 6) is 2.21. The average Bonchev–Trinajstić information content (AvgIpc) is 3.39. The predicted octanol–water partition coefficient (Wildman–Crippen LogP) is 4.92. The van der Waals surface area contributed by atoms with Gasteiger partial charge in [-0.3, -0.25) is 9.79 Å². The van der Waals surface area contributed by atoms with Crippen LogP contribution in [0.15, 0.2) is 71.6 Å². The SMILES string of the molecule is CC.COc1ccc(CNC(=O)c2cccc(Oc3ccnc(NC4=CCN=C4)c3)c2C)cn1. The van der Waals surface area contributed by atoms with Crippen LogP contribution in [0.2, 0.25) is 0 Å². The van der Waals surface area contributed by atoms with Gasteiger partial charge in [-0.25, -0.2) is 9.97 Å². The summed E-state index contributed by atoms with van der Waals surface area (Å²) < 4.78 is 11.1. The van der Waals surface area contributed by atoms with E-state index in [4.69, 9.17) is 9.47 Å². The van der Waals surface area contributed by atoms with Gasteiger partial charge in [0.05, 0.1) is 19.4 Å². The Balaban J connectivity index is 0.00000158. The Morgan fingerprint density at radius 1 is 1.12 bits per heavy atom. The molecule has 1 amide bonds. The first-order valence-electron chi connectivity index (χ1n) is 11.1. The van der Waals surface area contributed by atoms with Crippen molar-refractivity contribution in [2.24, 2.45) is 4.99 Å². The van der Waals surface area contributed by atoms with Crippen molar-refractivity contribution in [3.8, 4) is 17.4 Å². The molecule has 0 radical (unpaired) electrons. The fraction of sp³-hybridized carbons (Fsp3) is 0.231. The van der Waals surface area contributed by atoms with E-state index in [2.05, 4.69) is 25.6 Å². The van der Waals surface area contributed by atoms with Gasteiger partial charge < -0.3 is 20.1 Å². The van der Waals surface area contributed by atoms with Crippen LogP contribution in [0.4, 0.5) is 5.82 Å². The van der Waals surface area contributed by atoms with E-state index >= 15 is 0 Å². The molecule has 0 fully saturated rings. The van der Waals surface area contributed by atoms with E-state index in [-0.39, 0.29) is 5.91 Å². The molecule has 0 aliphatic carbocycles. The van der Waals surface area contributed by atoms with Crippen molar-refractivity contribution in [3.63, 3.8) is 0 Å². The summed E-state index contributed by atoms with van der Waals surface area (Å²) in [7, 11) is 1.56. The lowest BCUT2D eigenvalue weighted by Crippen LogP contribution is -2.23. The third-order valence-electron chi connectivity index (χ3n) is 4.87. The topological polar surface area (TPSA) is 97.7 Å². The van der Waals surface area contributed by atoms with Crippen LogP contribution < -0.4 is 20.1 Å². The maximum absolute atomic E-state index is 12.8. The zero-order valence-electron chi connectivity index (χ0n) is 19.8. The summed E-state index contributed by atoms with van der Waals surface area (Å²) in [4.78, 5) is 25.4. The smallest absolute Gasteiger partial charge is 0.251 e. The van der Waals surface area contributed by atoms with Crippen LogP contribution in [-0.2, 0) is 6.54 Å². The van der Waals surface area contributed by atoms with Crippen molar-refractivity contribution in [2.75, 3.05) is 19.0 Å². The number of hydrogen-bond donors (Lipinski definition) is 2.